The lowest BCUT2D eigenvalue weighted by molar-refractivity contribution is 0.282. The van der Waals surface area contributed by atoms with Crippen LogP contribution in [0.5, 0.6) is 11.5 Å². The summed E-state index contributed by atoms with van der Waals surface area (Å²) >= 11 is 2.33. The fourth-order valence-corrected chi connectivity index (χ4v) is 7.53. The maximum Gasteiger partial charge on any atom is 0.174 e. The van der Waals surface area contributed by atoms with Crippen molar-refractivity contribution in [1.29, 1.82) is 0 Å². The van der Waals surface area contributed by atoms with Crippen LogP contribution in [0.25, 0.3) is 0 Å². The summed E-state index contributed by atoms with van der Waals surface area (Å²) < 4.78 is 13.0. The smallest absolute Gasteiger partial charge is 0.174 e. The van der Waals surface area contributed by atoms with Gasteiger partial charge in [-0.2, -0.15) is 0 Å². The average molecular weight is 691 g/mol. The van der Waals surface area contributed by atoms with Gasteiger partial charge in [-0.3, -0.25) is 4.99 Å². The Morgan fingerprint density at radius 2 is 1.34 bits per heavy atom. The van der Waals surface area contributed by atoms with Crippen LogP contribution in [0.4, 0.5) is 11.4 Å². The van der Waals surface area contributed by atoms with E-state index in [4.69, 9.17) is 14.5 Å². The molecule has 5 heteroatoms. The lowest BCUT2D eigenvalue weighted by atomic mass is 9.76. The number of halogens is 1. The molecule has 0 radical (unpaired) electrons. The van der Waals surface area contributed by atoms with Crippen molar-refractivity contribution in [2.24, 2.45) is 4.99 Å². The highest BCUT2D eigenvalue weighted by atomic mass is 127. The van der Waals surface area contributed by atoms with E-state index < -0.39 is 0 Å². The lowest BCUT2D eigenvalue weighted by Crippen LogP contribution is -2.37. The topological polar surface area (TPSA) is 34.1 Å². The summed E-state index contributed by atoms with van der Waals surface area (Å²) in [6.45, 7) is 2.65. The van der Waals surface area contributed by atoms with Crippen molar-refractivity contribution in [3.05, 3.63) is 152 Å². The zero-order chi connectivity index (χ0) is 29.9. The first-order valence-corrected chi connectivity index (χ1v) is 16.4. The van der Waals surface area contributed by atoms with E-state index in [-0.39, 0.29) is 0 Å². The molecule has 0 amide bonds. The predicted molar refractivity (Wildman–Crippen MR) is 188 cm³/mol. The molecule has 220 valence electrons. The van der Waals surface area contributed by atoms with Crippen molar-refractivity contribution in [3.63, 3.8) is 0 Å². The Morgan fingerprint density at radius 3 is 1.91 bits per heavy atom. The highest BCUT2D eigenvalue weighted by Crippen LogP contribution is 2.50. The van der Waals surface area contributed by atoms with Crippen molar-refractivity contribution in [3.8, 4) is 11.5 Å². The summed E-state index contributed by atoms with van der Waals surface area (Å²) in [7, 11) is 1.69. The highest BCUT2D eigenvalue weighted by Gasteiger charge is 2.35. The molecule has 2 heterocycles. The molecule has 2 aliphatic rings. The number of hydrogen-bond donors (Lipinski definition) is 0. The zero-order valence-corrected chi connectivity index (χ0v) is 27.0. The van der Waals surface area contributed by atoms with Gasteiger partial charge < -0.3 is 14.4 Å². The third-order valence-electron chi connectivity index (χ3n) is 8.84. The van der Waals surface area contributed by atoms with Crippen LogP contribution in [-0.2, 0) is 6.61 Å². The summed E-state index contributed by atoms with van der Waals surface area (Å²) in [6, 6.07) is 40.9. The molecular weight excluding hydrogens is 655 g/mol. The van der Waals surface area contributed by atoms with Crippen molar-refractivity contribution < 1.29 is 9.47 Å². The van der Waals surface area contributed by atoms with Crippen LogP contribution in [0.2, 0.25) is 0 Å². The van der Waals surface area contributed by atoms with Crippen LogP contribution < -0.4 is 14.4 Å². The summed E-state index contributed by atoms with van der Waals surface area (Å²) in [5.74, 6) is 2.17. The largest absolute Gasteiger partial charge is 0.493 e. The number of anilines is 1. The monoisotopic (exact) mass is 690 g/mol. The molecule has 0 bridgehead atoms. The SMILES string of the molecule is COc1cc(C=Nc2cc3c4c(c2)[C@H](c2ccccc2)CCN4CC[C@@H]3c2ccccc2)cc(I)c1OCc1ccccc1. The van der Waals surface area contributed by atoms with E-state index in [0.29, 0.717) is 24.2 Å². The minimum Gasteiger partial charge on any atom is -0.493 e. The maximum atomic E-state index is 6.20. The number of aliphatic imine (C=N–C) groups is 1. The second-order valence-corrected chi connectivity index (χ2v) is 12.7. The van der Waals surface area contributed by atoms with Crippen molar-refractivity contribution >= 4 is 40.2 Å². The first-order valence-electron chi connectivity index (χ1n) is 15.3. The van der Waals surface area contributed by atoms with Crippen LogP contribution in [0.3, 0.4) is 0 Å². The number of rotatable bonds is 8. The van der Waals surface area contributed by atoms with Crippen molar-refractivity contribution in [2.45, 2.75) is 31.3 Å². The number of benzene rings is 5. The lowest BCUT2D eigenvalue weighted by Gasteiger charge is -2.43. The van der Waals surface area contributed by atoms with E-state index in [9.17, 15) is 0 Å². The van der Waals surface area contributed by atoms with E-state index in [1.165, 1.54) is 27.9 Å². The third kappa shape index (κ3) is 5.85. The van der Waals surface area contributed by atoms with Crippen LogP contribution in [-0.4, -0.2) is 26.4 Å². The Bertz CT molecular complexity index is 1700. The van der Waals surface area contributed by atoms with E-state index in [2.05, 4.69) is 118 Å². The number of methoxy groups -OCH3 is 1. The quantitative estimate of drug-likeness (QED) is 0.120. The molecular formula is C39H35IN2O2. The summed E-state index contributed by atoms with van der Waals surface area (Å²) in [5, 5.41) is 0. The van der Waals surface area contributed by atoms with Gasteiger partial charge in [-0.1, -0.05) is 91.0 Å². The Kier molecular flexibility index (Phi) is 8.38. The second-order valence-electron chi connectivity index (χ2n) is 11.5. The fourth-order valence-electron chi connectivity index (χ4n) is 6.75. The van der Waals surface area contributed by atoms with Crippen LogP contribution in [0, 0.1) is 3.57 Å². The molecule has 0 saturated carbocycles. The van der Waals surface area contributed by atoms with E-state index >= 15 is 0 Å². The van der Waals surface area contributed by atoms with E-state index in [1.807, 2.05) is 30.5 Å². The van der Waals surface area contributed by atoms with Crippen LogP contribution in [0.1, 0.15) is 58.1 Å². The molecule has 0 N–H and O–H groups in total. The van der Waals surface area contributed by atoms with Gasteiger partial charge in [0.25, 0.3) is 0 Å². The number of hydrogen-bond acceptors (Lipinski definition) is 4. The molecule has 5 aromatic rings. The van der Waals surface area contributed by atoms with Gasteiger partial charge >= 0.3 is 0 Å². The Labute approximate surface area is 273 Å². The van der Waals surface area contributed by atoms with Crippen molar-refractivity contribution in [2.75, 3.05) is 25.1 Å². The van der Waals surface area contributed by atoms with Crippen molar-refractivity contribution in [1.82, 2.24) is 0 Å². The van der Waals surface area contributed by atoms with Gasteiger partial charge in [0, 0.05) is 36.8 Å². The van der Waals surface area contributed by atoms with Gasteiger partial charge in [-0.15, -0.1) is 0 Å². The normalized spacial score (nSPS) is 17.4. The Hall–Kier alpha value is -4.10. The van der Waals surface area contributed by atoms with Gasteiger partial charge in [0.1, 0.15) is 6.61 Å². The first kappa shape index (κ1) is 28.7. The fraction of sp³-hybridized carbons (Fsp3) is 0.205. The maximum absolute atomic E-state index is 6.20. The molecule has 7 rings (SSSR count). The second kappa shape index (κ2) is 12.9. The molecule has 0 unspecified atom stereocenters. The van der Waals surface area contributed by atoms with E-state index in [1.54, 1.807) is 7.11 Å². The molecule has 0 saturated heterocycles. The number of nitrogens with zero attached hydrogens (tertiary/aromatic N) is 2. The highest BCUT2D eigenvalue weighted by molar-refractivity contribution is 14.1. The molecule has 0 fully saturated rings. The molecule has 0 aliphatic carbocycles. The van der Waals surface area contributed by atoms with Gasteiger partial charge in [0.05, 0.1) is 16.4 Å². The van der Waals surface area contributed by atoms with Crippen LogP contribution >= 0.6 is 22.6 Å². The van der Waals surface area contributed by atoms with Gasteiger partial charge in [0.15, 0.2) is 11.5 Å². The summed E-state index contributed by atoms with van der Waals surface area (Å²) in [4.78, 5) is 7.70. The molecule has 2 aliphatic heterocycles. The Balaban J connectivity index is 1.26. The summed E-state index contributed by atoms with van der Waals surface area (Å²) in [6.07, 6.45) is 4.18. The minimum absolute atomic E-state index is 0.355. The zero-order valence-electron chi connectivity index (χ0n) is 24.8. The molecule has 5 aromatic carbocycles. The first-order chi connectivity index (χ1) is 21.7. The molecule has 0 aromatic heterocycles. The molecule has 44 heavy (non-hydrogen) atoms. The van der Waals surface area contributed by atoms with Crippen LogP contribution in [0.15, 0.2) is 120 Å². The Morgan fingerprint density at radius 1 is 0.773 bits per heavy atom. The predicted octanol–water partition coefficient (Wildman–Crippen LogP) is 9.51. The standard InChI is InChI=1S/C39H35IN2O2/c1-43-37-22-28(21-36(40)39(37)44-26-27-11-5-2-6-12-27)25-41-31-23-34-32(29-13-7-3-8-14-29)17-19-42-20-18-33(35(24-31)38(34)42)30-15-9-4-10-16-30/h2-16,21-25,32-33H,17-20,26H2,1H3/t32-,33+. The van der Waals surface area contributed by atoms with Gasteiger partial charge in [-0.05, 0) is 93.1 Å². The third-order valence-corrected chi connectivity index (χ3v) is 9.64. The number of ether oxygens (including phenoxy) is 2. The van der Waals surface area contributed by atoms with Gasteiger partial charge in [0.2, 0.25) is 0 Å². The average Bonchev–Trinajstić information content (AvgIpc) is 3.08. The van der Waals surface area contributed by atoms with Gasteiger partial charge in [-0.25, -0.2) is 0 Å². The molecule has 4 nitrogen and oxygen atoms in total. The summed E-state index contributed by atoms with van der Waals surface area (Å²) in [5.41, 5.74) is 10.0. The minimum atomic E-state index is 0.355. The molecule has 0 spiro atoms. The molecule has 2 atom stereocenters. The van der Waals surface area contributed by atoms with E-state index in [0.717, 1.165) is 52.1 Å².